The molecule has 2 heteroatoms. The van der Waals surface area contributed by atoms with Crippen molar-refractivity contribution in [1.29, 1.82) is 0 Å². The normalized spacial score (nSPS) is 13.6. The zero-order chi connectivity index (χ0) is 12.3. The van der Waals surface area contributed by atoms with Crippen molar-refractivity contribution < 1.29 is 4.74 Å². The summed E-state index contributed by atoms with van der Waals surface area (Å²) in [5.41, 5.74) is 8.54. The molecular formula is C14H23NO. The molecule has 0 radical (unpaired) electrons. The smallest absolute Gasteiger partial charge is 0.122 e. The van der Waals surface area contributed by atoms with Gasteiger partial charge in [0.15, 0.2) is 0 Å². The fourth-order valence-corrected chi connectivity index (χ4v) is 1.75. The van der Waals surface area contributed by atoms with E-state index in [-0.39, 0.29) is 11.5 Å². The molecule has 0 spiro atoms. The van der Waals surface area contributed by atoms with E-state index in [0.29, 0.717) is 0 Å². The van der Waals surface area contributed by atoms with Gasteiger partial charge in [-0.1, -0.05) is 32.9 Å². The molecule has 0 bridgehead atoms. The first-order valence-corrected chi connectivity index (χ1v) is 5.77. The summed E-state index contributed by atoms with van der Waals surface area (Å²) < 4.78 is 5.36. The van der Waals surface area contributed by atoms with Crippen molar-refractivity contribution in [2.75, 3.05) is 7.11 Å². The molecule has 0 aromatic heterocycles. The molecule has 0 fully saturated rings. The summed E-state index contributed by atoms with van der Waals surface area (Å²) in [5.74, 6) is 0.935. The highest BCUT2D eigenvalue weighted by molar-refractivity contribution is 5.40. The molecule has 0 saturated heterocycles. The number of benzene rings is 1. The van der Waals surface area contributed by atoms with Crippen molar-refractivity contribution >= 4 is 0 Å². The number of nitrogens with two attached hydrogens (primary N) is 1. The third-order valence-corrected chi connectivity index (χ3v) is 2.69. The topological polar surface area (TPSA) is 35.2 Å². The Balaban J connectivity index is 3.11. The van der Waals surface area contributed by atoms with Gasteiger partial charge in [-0.3, -0.25) is 0 Å². The first-order chi connectivity index (χ1) is 7.34. The third-order valence-electron chi connectivity index (χ3n) is 2.69. The lowest BCUT2D eigenvalue weighted by Gasteiger charge is -2.21. The summed E-state index contributed by atoms with van der Waals surface area (Å²) in [6.45, 7) is 8.66. The molecule has 1 unspecified atom stereocenters. The van der Waals surface area contributed by atoms with E-state index in [1.54, 1.807) is 7.11 Å². The molecule has 2 N–H and O–H groups in total. The Kier molecular flexibility index (Phi) is 3.98. The minimum atomic E-state index is 0.157. The van der Waals surface area contributed by atoms with Crippen LogP contribution in [0, 0.1) is 0 Å². The minimum absolute atomic E-state index is 0.157. The van der Waals surface area contributed by atoms with Gasteiger partial charge in [-0.05, 0) is 36.0 Å². The first kappa shape index (κ1) is 13.0. The minimum Gasteiger partial charge on any atom is -0.496 e. The van der Waals surface area contributed by atoms with Gasteiger partial charge >= 0.3 is 0 Å². The molecule has 0 saturated carbocycles. The maximum Gasteiger partial charge on any atom is 0.122 e. The highest BCUT2D eigenvalue weighted by Gasteiger charge is 2.16. The van der Waals surface area contributed by atoms with Crippen molar-refractivity contribution in [2.45, 2.75) is 45.6 Å². The summed E-state index contributed by atoms with van der Waals surface area (Å²) in [6.07, 6.45) is 0.854. The van der Waals surface area contributed by atoms with Crippen molar-refractivity contribution in [1.82, 2.24) is 0 Å². The average molecular weight is 221 g/mol. The summed E-state index contributed by atoms with van der Waals surface area (Å²) in [5, 5.41) is 0. The van der Waals surface area contributed by atoms with Gasteiger partial charge < -0.3 is 10.5 Å². The van der Waals surface area contributed by atoms with Crippen LogP contribution in [0.4, 0.5) is 0 Å². The molecule has 0 heterocycles. The van der Waals surface area contributed by atoms with Crippen molar-refractivity contribution in [3.05, 3.63) is 29.3 Å². The fourth-order valence-electron chi connectivity index (χ4n) is 1.75. The molecule has 1 atom stereocenters. The largest absolute Gasteiger partial charge is 0.496 e. The molecule has 0 aliphatic carbocycles. The van der Waals surface area contributed by atoms with Crippen molar-refractivity contribution in [2.24, 2.45) is 5.73 Å². The highest BCUT2D eigenvalue weighted by atomic mass is 16.5. The number of hydrogen-bond acceptors (Lipinski definition) is 2. The second-order valence-corrected chi connectivity index (χ2v) is 5.46. The summed E-state index contributed by atoms with van der Waals surface area (Å²) in [6, 6.07) is 6.54. The maximum atomic E-state index is 5.85. The van der Waals surface area contributed by atoms with E-state index >= 15 is 0 Å². The lowest BCUT2D eigenvalue weighted by Crippen LogP contribution is -2.19. The van der Waals surface area contributed by atoms with Gasteiger partial charge in [-0.15, -0.1) is 0 Å². The molecule has 0 amide bonds. The highest BCUT2D eigenvalue weighted by Crippen LogP contribution is 2.28. The number of hydrogen-bond donors (Lipinski definition) is 1. The van der Waals surface area contributed by atoms with Crippen molar-refractivity contribution in [3.8, 4) is 5.75 Å². The van der Waals surface area contributed by atoms with E-state index in [0.717, 1.165) is 12.2 Å². The Labute approximate surface area is 98.8 Å². The second kappa shape index (κ2) is 4.88. The Morgan fingerprint density at radius 1 is 1.31 bits per heavy atom. The van der Waals surface area contributed by atoms with Crippen LogP contribution in [0.5, 0.6) is 5.75 Å². The zero-order valence-electron chi connectivity index (χ0n) is 11.0. The Morgan fingerprint density at radius 3 is 2.38 bits per heavy atom. The summed E-state index contributed by atoms with van der Waals surface area (Å²) in [4.78, 5) is 0. The number of methoxy groups -OCH3 is 1. The molecular weight excluding hydrogens is 198 g/mol. The number of ether oxygens (including phenoxy) is 1. The van der Waals surface area contributed by atoms with Crippen LogP contribution >= 0.6 is 0 Å². The molecule has 1 aromatic rings. The summed E-state index contributed by atoms with van der Waals surface area (Å²) in [7, 11) is 1.71. The third kappa shape index (κ3) is 3.24. The van der Waals surface area contributed by atoms with Crippen LogP contribution < -0.4 is 10.5 Å². The fraction of sp³-hybridized carbons (Fsp3) is 0.571. The Bertz CT molecular complexity index is 350. The molecule has 90 valence electrons. The predicted molar refractivity (Wildman–Crippen MR) is 69.0 cm³/mol. The van der Waals surface area contributed by atoms with E-state index in [1.165, 1.54) is 11.1 Å². The van der Waals surface area contributed by atoms with Gasteiger partial charge in [0.2, 0.25) is 0 Å². The van der Waals surface area contributed by atoms with E-state index in [1.807, 2.05) is 13.0 Å². The maximum absolute atomic E-state index is 5.85. The Morgan fingerprint density at radius 2 is 1.94 bits per heavy atom. The first-order valence-electron chi connectivity index (χ1n) is 5.77. The van der Waals surface area contributed by atoms with Crippen LogP contribution in [0.3, 0.4) is 0 Å². The molecule has 16 heavy (non-hydrogen) atoms. The average Bonchev–Trinajstić information content (AvgIpc) is 2.15. The van der Waals surface area contributed by atoms with E-state index in [2.05, 4.69) is 32.9 Å². The van der Waals surface area contributed by atoms with Gasteiger partial charge in [0.1, 0.15) is 5.75 Å². The number of rotatable bonds is 3. The van der Waals surface area contributed by atoms with Gasteiger partial charge in [0.05, 0.1) is 7.11 Å². The van der Waals surface area contributed by atoms with E-state index in [9.17, 15) is 0 Å². The molecule has 0 aliphatic heterocycles. The van der Waals surface area contributed by atoms with E-state index < -0.39 is 0 Å². The monoisotopic (exact) mass is 221 g/mol. The van der Waals surface area contributed by atoms with Gasteiger partial charge in [0.25, 0.3) is 0 Å². The molecule has 1 aromatic carbocycles. The van der Waals surface area contributed by atoms with Gasteiger partial charge in [-0.2, -0.15) is 0 Å². The lowest BCUT2D eigenvalue weighted by molar-refractivity contribution is 0.407. The second-order valence-electron chi connectivity index (χ2n) is 5.46. The van der Waals surface area contributed by atoms with Crippen LogP contribution in [0.15, 0.2) is 18.2 Å². The van der Waals surface area contributed by atoms with E-state index in [4.69, 9.17) is 10.5 Å². The van der Waals surface area contributed by atoms with Crippen molar-refractivity contribution in [3.63, 3.8) is 0 Å². The van der Waals surface area contributed by atoms with Crippen LogP contribution in [0.2, 0.25) is 0 Å². The quantitative estimate of drug-likeness (QED) is 0.851. The predicted octanol–water partition coefficient (Wildman–Crippen LogP) is 2.88. The van der Waals surface area contributed by atoms with Gasteiger partial charge in [-0.25, -0.2) is 0 Å². The van der Waals surface area contributed by atoms with Crippen LogP contribution in [-0.4, -0.2) is 13.2 Å². The zero-order valence-corrected chi connectivity index (χ0v) is 11.0. The molecule has 0 aliphatic rings. The van der Waals surface area contributed by atoms with Crippen LogP contribution in [0.1, 0.15) is 38.8 Å². The van der Waals surface area contributed by atoms with Crippen LogP contribution in [0.25, 0.3) is 0 Å². The Hall–Kier alpha value is -1.02. The van der Waals surface area contributed by atoms with Crippen LogP contribution in [-0.2, 0) is 11.8 Å². The lowest BCUT2D eigenvalue weighted by atomic mass is 9.85. The molecule has 2 nitrogen and oxygen atoms in total. The standard InChI is InChI=1S/C14H23NO/c1-10(15)8-11-9-12(14(2,3)4)6-7-13(11)16-5/h6-7,9-10H,8,15H2,1-5H3. The molecule has 1 rings (SSSR count). The van der Waals surface area contributed by atoms with Gasteiger partial charge in [0, 0.05) is 6.04 Å². The summed E-state index contributed by atoms with van der Waals surface area (Å²) >= 11 is 0. The SMILES string of the molecule is COc1ccc(C(C)(C)C)cc1CC(C)N.